The van der Waals surface area contributed by atoms with E-state index in [1.165, 1.54) is 7.11 Å². The Morgan fingerprint density at radius 1 is 1.20 bits per heavy atom. The van der Waals surface area contributed by atoms with Gasteiger partial charge in [-0.2, -0.15) is 13.9 Å². The number of nitrogens with zero attached hydrogens (tertiary/aromatic N) is 2. The van der Waals surface area contributed by atoms with Crippen LogP contribution in [-0.4, -0.2) is 27.2 Å². The van der Waals surface area contributed by atoms with E-state index < -0.39 is 6.61 Å². The maximum absolute atomic E-state index is 12.7. The van der Waals surface area contributed by atoms with Gasteiger partial charge >= 0.3 is 6.61 Å². The van der Waals surface area contributed by atoms with E-state index in [2.05, 4.69) is 41.7 Å². The molecule has 0 N–H and O–H groups in total. The Labute approximate surface area is 174 Å². The van der Waals surface area contributed by atoms with Crippen molar-refractivity contribution in [2.24, 2.45) is 0 Å². The summed E-state index contributed by atoms with van der Waals surface area (Å²) in [4.78, 5) is 0. The van der Waals surface area contributed by atoms with E-state index in [1.807, 2.05) is 0 Å². The third-order valence-corrected chi connectivity index (χ3v) is 4.72. The van der Waals surface area contributed by atoms with E-state index in [0.717, 1.165) is 10.2 Å². The molecule has 0 saturated carbocycles. The number of benzene rings is 1. The van der Waals surface area contributed by atoms with Gasteiger partial charge in [0.1, 0.15) is 17.4 Å². The van der Waals surface area contributed by atoms with Gasteiger partial charge in [0.25, 0.3) is 0 Å². The molecule has 0 aliphatic rings. The van der Waals surface area contributed by atoms with Crippen LogP contribution in [0, 0.1) is 0 Å². The summed E-state index contributed by atoms with van der Waals surface area (Å²) in [7, 11) is 1.39. The third kappa shape index (κ3) is 5.20. The Morgan fingerprint density at radius 2 is 1.88 bits per heavy atom. The molecule has 2 rings (SSSR count). The zero-order valence-electron chi connectivity index (χ0n) is 12.6. The lowest BCUT2D eigenvalue weighted by Gasteiger charge is -2.10. The first-order chi connectivity index (χ1) is 11.7. The van der Waals surface area contributed by atoms with Gasteiger partial charge in [-0.1, -0.05) is 66.7 Å². The Hall–Kier alpha value is -0.120. The van der Waals surface area contributed by atoms with E-state index in [0.29, 0.717) is 17.0 Å². The Bertz CT molecular complexity index is 760. The number of rotatable bonds is 7. The smallest absolute Gasteiger partial charge is 0.388 e. The summed E-state index contributed by atoms with van der Waals surface area (Å²) in [6.07, 6.45) is 0.555. The summed E-state index contributed by atoms with van der Waals surface area (Å²) in [6, 6.07) is 3.26. The fourth-order valence-corrected chi connectivity index (χ4v) is 3.63. The molecule has 1 aromatic heterocycles. The van der Waals surface area contributed by atoms with Crippen molar-refractivity contribution in [1.82, 2.24) is 9.78 Å². The molecule has 0 aliphatic carbocycles. The Kier molecular flexibility index (Phi) is 7.79. The van der Waals surface area contributed by atoms with Crippen LogP contribution in [0.5, 0.6) is 5.88 Å². The molecule has 0 radical (unpaired) electrons. The molecule has 1 heterocycles. The second-order valence-corrected chi connectivity index (χ2v) is 9.41. The molecule has 0 unspecified atom stereocenters. The first kappa shape index (κ1) is 21.2. The van der Waals surface area contributed by atoms with Crippen molar-refractivity contribution >= 4 is 66.7 Å². The molecule has 11 heteroatoms. The van der Waals surface area contributed by atoms with Gasteiger partial charge in [0.15, 0.2) is 0 Å². The van der Waals surface area contributed by atoms with Crippen molar-refractivity contribution in [1.29, 1.82) is 0 Å². The molecule has 138 valence electrons. The van der Waals surface area contributed by atoms with Crippen LogP contribution in [0.4, 0.5) is 8.78 Å². The van der Waals surface area contributed by atoms with Gasteiger partial charge < -0.3 is 9.47 Å². The molecule has 2 aromatic rings. The van der Waals surface area contributed by atoms with Crippen molar-refractivity contribution < 1.29 is 18.3 Å². The molecular formula is C14H11Br2Cl3F2N2O2. The summed E-state index contributed by atoms with van der Waals surface area (Å²) in [5, 5.41) is 4.83. The van der Waals surface area contributed by atoms with E-state index in [-0.39, 0.29) is 32.1 Å². The van der Waals surface area contributed by atoms with E-state index >= 15 is 0 Å². The predicted octanol–water partition coefficient (Wildman–Crippen LogP) is 6.37. The van der Waals surface area contributed by atoms with Crippen LogP contribution in [0.3, 0.4) is 0 Å². The zero-order valence-corrected chi connectivity index (χ0v) is 18.0. The highest BCUT2D eigenvalue weighted by atomic mass is 79.9. The van der Waals surface area contributed by atoms with Crippen LogP contribution in [0.2, 0.25) is 15.1 Å². The highest BCUT2D eigenvalue weighted by Crippen LogP contribution is 2.41. The highest BCUT2D eigenvalue weighted by molar-refractivity contribution is 9.24. The van der Waals surface area contributed by atoms with Gasteiger partial charge in [-0.15, -0.1) is 0 Å². The first-order valence-corrected chi connectivity index (χ1v) is 9.67. The lowest BCUT2D eigenvalue weighted by molar-refractivity contribution is -0.0591. The maximum Gasteiger partial charge on any atom is 0.388 e. The number of halogens is 7. The summed E-state index contributed by atoms with van der Waals surface area (Å²) in [5.41, 5.74) is 1.41. The minimum Gasteiger partial charge on any atom is -0.415 e. The van der Waals surface area contributed by atoms with Gasteiger partial charge in [-0.3, -0.25) is 0 Å². The number of alkyl halides is 4. The standard InChI is InChI=1S/C14H11Br2Cl3F2N2O2/c1-24-5-23-13(25-14(20)21)11(19)12(22-23)7-2-6(3-10(15)16)8(17)4-9(7)18/h2,4,10,14H,3,5H2,1H3. The monoisotopic (exact) mass is 540 g/mol. The molecule has 0 bridgehead atoms. The summed E-state index contributed by atoms with van der Waals surface area (Å²) < 4.78 is 35.8. The topological polar surface area (TPSA) is 36.3 Å². The fraction of sp³-hybridized carbons (Fsp3) is 0.357. The molecule has 0 saturated heterocycles. The second kappa shape index (κ2) is 9.19. The summed E-state index contributed by atoms with van der Waals surface area (Å²) in [6.45, 7) is -3.18. The minimum absolute atomic E-state index is 0.00854. The van der Waals surface area contributed by atoms with Crippen LogP contribution < -0.4 is 4.74 Å². The molecule has 1 aromatic carbocycles. The molecular weight excluding hydrogens is 532 g/mol. The molecule has 0 atom stereocenters. The average molecular weight is 543 g/mol. The molecule has 4 nitrogen and oxygen atoms in total. The van der Waals surface area contributed by atoms with Crippen molar-refractivity contribution in [3.05, 3.63) is 32.8 Å². The normalized spacial score (nSPS) is 11.6. The van der Waals surface area contributed by atoms with Crippen molar-refractivity contribution in [2.75, 3.05) is 7.11 Å². The molecule has 0 spiro atoms. The second-order valence-electron chi connectivity index (χ2n) is 4.78. The SMILES string of the molecule is COCn1nc(-c2cc(CC(Br)Br)c(Cl)cc2Cl)c(Cl)c1OC(F)F. The average Bonchev–Trinajstić information content (AvgIpc) is 2.79. The molecule has 25 heavy (non-hydrogen) atoms. The minimum atomic E-state index is -3.06. The fourth-order valence-electron chi connectivity index (χ4n) is 2.10. The van der Waals surface area contributed by atoms with Crippen LogP contribution in [0.25, 0.3) is 11.3 Å². The van der Waals surface area contributed by atoms with Crippen molar-refractivity contribution in [3.8, 4) is 17.1 Å². The number of hydrogen-bond acceptors (Lipinski definition) is 3. The number of ether oxygens (including phenoxy) is 2. The van der Waals surface area contributed by atoms with Gasteiger partial charge in [-0.05, 0) is 24.1 Å². The highest BCUT2D eigenvalue weighted by Gasteiger charge is 2.24. The van der Waals surface area contributed by atoms with Crippen LogP contribution in [-0.2, 0) is 17.9 Å². The quantitative estimate of drug-likeness (QED) is 0.381. The van der Waals surface area contributed by atoms with Crippen molar-refractivity contribution in [3.63, 3.8) is 0 Å². The van der Waals surface area contributed by atoms with Crippen LogP contribution in [0.1, 0.15) is 5.56 Å². The maximum atomic E-state index is 12.7. The summed E-state index contributed by atoms with van der Waals surface area (Å²) >= 11 is 25.4. The largest absolute Gasteiger partial charge is 0.415 e. The van der Waals surface area contributed by atoms with Gasteiger partial charge in [0, 0.05) is 17.7 Å². The van der Waals surface area contributed by atoms with E-state index in [1.54, 1.807) is 12.1 Å². The van der Waals surface area contributed by atoms with E-state index in [4.69, 9.17) is 39.5 Å². The van der Waals surface area contributed by atoms with Gasteiger partial charge in [0.2, 0.25) is 5.88 Å². The Balaban J connectivity index is 2.57. The van der Waals surface area contributed by atoms with Crippen molar-refractivity contribution in [2.45, 2.75) is 23.5 Å². The van der Waals surface area contributed by atoms with Gasteiger partial charge in [0.05, 0.1) is 8.76 Å². The number of hydrogen-bond donors (Lipinski definition) is 0. The molecule has 0 aliphatic heterocycles. The van der Waals surface area contributed by atoms with E-state index in [9.17, 15) is 8.78 Å². The number of methoxy groups -OCH3 is 1. The summed E-state index contributed by atoms with van der Waals surface area (Å²) in [5.74, 6) is -0.306. The number of aromatic nitrogens is 2. The lowest BCUT2D eigenvalue weighted by atomic mass is 10.1. The third-order valence-electron chi connectivity index (χ3n) is 3.07. The van der Waals surface area contributed by atoms with Gasteiger partial charge in [-0.25, -0.2) is 4.68 Å². The molecule has 0 fully saturated rings. The van der Waals surface area contributed by atoms with Crippen LogP contribution >= 0.6 is 66.7 Å². The predicted molar refractivity (Wildman–Crippen MR) is 102 cm³/mol. The molecule has 0 amide bonds. The van der Waals surface area contributed by atoms with Crippen LogP contribution in [0.15, 0.2) is 12.1 Å². The zero-order chi connectivity index (χ0) is 18.7. The first-order valence-electron chi connectivity index (χ1n) is 6.71. The Morgan fingerprint density at radius 3 is 2.44 bits per heavy atom. The lowest BCUT2D eigenvalue weighted by Crippen LogP contribution is -2.10.